The van der Waals surface area contributed by atoms with Crippen LogP contribution in [0.4, 0.5) is 14.5 Å². The van der Waals surface area contributed by atoms with Crippen LogP contribution in [0.1, 0.15) is 32.8 Å². The van der Waals surface area contributed by atoms with Gasteiger partial charge in [-0.2, -0.15) is 0 Å². The molecule has 1 aliphatic heterocycles. The number of nitrogens with one attached hydrogen (secondary N) is 1. The van der Waals surface area contributed by atoms with Crippen molar-refractivity contribution in [2.75, 3.05) is 24.6 Å². The number of rotatable bonds is 4. The number of anilines is 1. The minimum atomic E-state index is -0.528. The van der Waals surface area contributed by atoms with Gasteiger partial charge in [0.1, 0.15) is 17.3 Å². The van der Waals surface area contributed by atoms with Gasteiger partial charge in [0, 0.05) is 37.7 Å². The number of nitrogens with zero attached hydrogens (tertiary/aromatic N) is 1. The van der Waals surface area contributed by atoms with Crippen molar-refractivity contribution >= 4 is 5.69 Å². The lowest BCUT2D eigenvalue weighted by Crippen LogP contribution is -2.35. The molecule has 0 radical (unpaired) electrons. The van der Waals surface area contributed by atoms with Crippen LogP contribution in [0.5, 0.6) is 0 Å². The van der Waals surface area contributed by atoms with E-state index in [0.29, 0.717) is 25.2 Å². The fraction of sp³-hybridized carbons (Fsp3) is 0.625. The molecule has 118 valence electrons. The van der Waals surface area contributed by atoms with Crippen LogP contribution in [0.3, 0.4) is 0 Å². The number of aliphatic hydroxyl groups excluding tert-OH is 1. The minimum absolute atomic E-state index is 0.0328. The molecule has 1 fully saturated rings. The third-order valence-electron chi connectivity index (χ3n) is 3.76. The van der Waals surface area contributed by atoms with Gasteiger partial charge in [0.2, 0.25) is 0 Å². The molecule has 5 heteroatoms. The van der Waals surface area contributed by atoms with Gasteiger partial charge in [0.15, 0.2) is 0 Å². The van der Waals surface area contributed by atoms with Crippen LogP contribution in [0.15, 0.2) is 12.1 Å². The second-order valence-electron chi connectivity index (χ2n) is 6.79. The van der Waals surface area contributed by atoms with E-state index in [9.17, 15) is 8.78 Å². The average molecular weight is 298 g/mol. The Bertz CT molecular complexity index is 477. The molecule has 1 unspecified atom stereocenters. The SMILES string of the molecule is CC(C)(C)NCc1cc(F)c(N2CCC(CO)C2)c(F)c1. The lowest BCUT2D eigenvalue weighted by Gasteiger charge is -2.23. The molecule has 1 saturated heterocycles. The van der Waals surface area contributed by atoms with Crippen molar-refractivity contribution in [3.8, 4) is 0 Å². The lowest BCUT2D eigenvalue weighted by atomic mass is 10.1. The summed E-state index contributed by atoms with van der Waals surface area (Å²) in [6.07, 6.45) is 0.767. The summed E-state index contributed by atoms with van der Waals surface area (Å²) >= 11 is 0. The molecule has 2 N–H and O–H groups in total. The summed E-state index contributed by atoms with van der Waals surface area (Å²) in [4.78, 5) is 1.69. The zero-order valence-electron chi connectivity index (χ0n) is 12.9. The van der Waals surface area contributed by atoms with E-state index in [2.05, 4.69) is 5.32 Å². The summed E-state index contributed by atoms with van der Waals surface area (Å²) < 4.78 is 28.5. The minimum Gasteiger partial charge on any atom is -0.396 e. The maximum absolute atomic E-state index is 14.2. The van der Waals surface area contributed by atoms with Gasteiger partial charge < -0.3 is 15.3 Å². The Morgan fingerprint density at radius 3 is 2.38 bits per heavy atom. The van der Waals surface area contributed by atoms with Gasteiger partial charge in [-0.1, -0.05) is 0 Å². The normalized spacial score (nSPS) is 19.3. The molecule has 1 heterocycles. The Morgan fingerprint density at radius 2 is 1.90 bits per heavy atom. The number of aliphatic hydroxyl groups is 1. The standard InChI is InChI=1S/C16H24F2N2O/c1-16(2,3)19-8-12-6-13(17)15(14(18)7-12)20-5-4-11(9-20)10-21/h6-7,11,19,21H,4-5,8-10H2,1-3H3. The maximum Gasteiger partial charge on any atom is 0.149 e. The van der Waals surface area contributed by atoms with Gasteiger partial charge in [-0.15, -0.1) is 0 Å². The van der Waals surface area contributed by atoms with Crippen molar-refractivity contribution in [1.29, 1.82) is 0 Å². The maximum atomic E-state index is 14.2. The third kappa shape index (κ3) is 4.14. The Hall–Kier alpha value is -1.20. The Morgan fingerprint density at radius 1 is 1.29 bits per heavy atom. The molecule has 0 bridgehead atoms. The molecule has 1 aliphatic rings. The van der Waals surface area contributed by atoms with Crippen molar-refractivity contribution in [1.82, 2.24) is 5.32 Å². The Kier molecular flexibility index (Phi) is 4.84. The van der Waals surface area contributed by atoms with Crippen molar-refractivity contribution in [3.05, 3.63) is 29.3 Å². The molecule has 0 aromatic heterocycles. The van der Waals surface area contributed by atoms with E-state index in [0.717, 1.165) is 6.42 Å². The van der Waals surface area contributed by atoms with Crippen LogP contribution in [0, 0.1) is 17.6 Å². The molecule has 0 aliphatic carbocycles. The fourth-order valence-electron chi connectivity index (χ4n) is 2.57. The summed E-state index contributed by atoms with van der Waals surface area (Å²) in [5.41, 5.74) is 0.529. The van der Waals surface area contributed by atoms with E-state index in [-0.39, 0.29) is 23.8 Å². The molecule has 0 amide bonds. The largest absolute Gasteiger partial charge is 0.396 e. The quantitative estimate of drug-likeness (QED) is 0.897. The van der Waals surface area contributed by atoms with E-state index in [1.165, 1.54) is 12.1 Å². The van der Waals surface area contributed by atoms with Gasteiger partial charge in [0.25, 0.3) is 0 Å². The molecule has 21 heavy (non-hydrogen) atoms. The molecule has 2 rings (SSSR count). The molecular formula is C16H24F2N2O. The second kappa shape index (κ2) is 6.28. The second-order valence-corrected chi connectivity index (χ2v) is 6.79. The zero-order chi connectivity index (χ0) is 15.6. The van der Waals surface area contributed by atoms with Gasteiger partial charge >= 0.3 is 0 Å². The van der Waals surface area contributed by atoms with Crippen LogP contribution in [-0.4, -0.2) is 30.3 Å². The Balaban J connectivity index is 2.14. The molecular weight excluding hydrogens is 274 g/mol. The number of halogens is 2. The molecule has 1 aromatic carbocycles. The van der Waals surface area contributed by atoms with Gasteiger partial charge in [-0.05, 0) is 44.9 Å². The Labute approximate surface area is 125 Å². The zero-order valence-corrected chi connectivity index (χ0v) is 12.9. The van der Waals surface area contributed by atoms with Crippen molar-refractivity contribution < 1.29 is 13.9 Å². The van der Waals surface area contributed by atoms with E-state index >= 15 is 0 Å². The highest BCUT2D eigenvalue weighted by atomic mass is 19.1. The summed E-state index contributed by atoms with van der Waals surface area (Å²) in [6.45, 7) is 7.60. The highest BCUT2D eigenvalue weighted by molar-refractivity contribution is 5.51. The van der Waals surface area contributed by atoms with E-state index in [1.807, 2.05) is 20.8 Å². The molecule has 1 atom stereocenters. The average Bonchev–Trinajstić information content (AvgIpc) is 2.83. The third-order valence-corrected chi connectivity index (χ3v) is 3.76. The monoisotopic (exact) mass is 298 g/mol. The van der Waals surface area contributed by atoms with E-state index in [1.54, 1.807) is 4.90 Å². The first-order chi connectivity index (χ1) is 9.80. The predicted molar refractivity (Wildman–Crippen MR) is 80.4 cm³/mol. The molecule has 0 spiro atoms. The smallest absolute Gasteiger partial charge is 0.149 e. The van der Waals surface area contributed by atoms with Crippen molar-refractivity contribution in [2.24, 2.45) is 5.92 Å². The fourth-order valence-corrected chi connectivity index (χ4v) is 2.57. The predicted octanol–water partition coefficient (Wildman–Crippen LogP) is 2.67. The number of hydrogen-bond acceptors (Lipinski definition) is 3. The summed E-state index contributed by atoms with van der Waals surface area (Å²) in [7, 11) is 0. The van der Waals surface area contributed by atoms with Gasteiger partial charge in [-0.3, -0.25) is 0 Å². The first-order valence-corrected chi connectivity index (χ1v) is 7.39. The van der Waals surface area contributed by atoms with Crippen molar-refractivity contribution in [2.45, 2.75) is 39.3 Å². The van der Waals surface area contributed by atoms with Gasteiger partial charge in [-0.25, -0.2) is 8.78 Å². The van der Waals surface area contributed by atoms with Crippen LogP contribution < -0.4 is 10.2 Å². The number of hydrogen-bond donors (Lipinski definition) is 2. The first kappa shape index (κ1) is 16.2. The van der Waals surface area contributed by atoms with Crippen LogP contribution in [-0.2, 0) is 6.54 Å². The highest BCUT2D eigenvalue weighted by Crippen LogP contribution is 2.30. The summed E-state index contributed by atoms with van der Waals surface area (Å²) in [5, 5.41) is 12.4. The summed E-state index contributed by atoms with van der Waals surface area (Å²) in [5.74, 6) is -0.954. The molecule has 0 saturated carbocycles. The van der Waals surface area contributed by atoms with E-state index in [4.69, 9.17) is 5.11 Å². The van der Waals surface area contributed by atoms with Crippen LogP contribution in [0.2, 0.25) is 0 Å². The molecule has 3 nitrogen and oxygen atoms in total. The van der Waals surface area contributed by atoms with Gasteiger partial charge in [0.05, 0.1) is 0 Å². The topological polar surface area (TPSA) is 35.5 Å². The van der Waals surface area contributed by atoms with E-state index < -0.39 is 11.6 Å². The highest BCUT2D eigenvalue weighted by Gasteiger charge is 2.26. The van der Waals surface area contributed by atoms with Crippen molar-refractivity contribution in [3.63, 3.8) is 0 Å². The van der Waals surface area contributed by atoms with Crippen LogP contribution in [0.25, 0.3) is 0 Å². The molecule has 1 aromatic rings. The lowest BCUT2D eigenvalue weighted by molar-refractivity contribution is 0.238. The summed E-state index contributed by atoms with van der Waals surface area (Å²) in [6, 6.07) is 2.78. The van der Waals surface area contributed by atoms with Crippen LogP contribution >= 0.6 is 0 Å². The first-order valence-electron chi connectivity index (χ1n) is 7.39. The number of benzene rings is 1.